The Labute approximate surface area is 165 Å². The zero-order valence-electron chi connectivity index (χ0n) is 15.7. The van der Waals surface area contributed by atoms with Crippen molar-refractivity contribution in [3.63, 3.8) is 0 Å². The summed E-state index contributed by atoms with van der Waals surface area (Å²) in [4.78, 5) is 11.8. The molecule has 154 valence electrons. The highest BCUT2D eigenvalue weighted by molar-refractivity contribution is 5.98. The van der Waals surface area contributed by atoms with E-state index in [0.717, 1.165) is 6.92 Å². The molecule has 2 aromatic rings. The Hall–Kier alpha value is -3.03. The van der Waals surface area contributed by atoms with Gasteiger partial charge in [-0.15, -0.1) is 0 Å². The van der Waals surface area contributed by atoms with Gasteiger partial charge in [0.1, 0.15) is 11.2 Å². The number of rotatable bonds is 6. The first-order chi connectivity index (χ1) is 13.7. The molecule has 4 N–H and O–H groups in total. The highest BCUT2D eigenvalue weighted by atomic mass is 19.3. The van der Waals surface area contributed by atoms with E-state index in [0.29, 0.717) is 18.7 Å². The summed E-state index contributed by atoms with van der Waals surface area (Å²) in [5, 5.41) is 26.5. The number of hydrogen-bond donors (Lipinski definition) is 3. The van der Waals surface area contributed by atoms with Gasteiger partial charge in [-0.1, -0.05) is 12.1 Å². The quantitative estimate of drug-likeness (QED) is 0.677. The molecule has 1 aliphatic heterocycles. The van der Waals surface area contributed by atoms with Gasteiger partial charge in [0.15, 0.2) is 5.82 Å². The number of carbonyl (C=O) groups excluding carboxylic acids is 1. The first-order valence-electron chi connectivity index (χ1n) is 8.98. The van der Waals surface area contributed by atoms with Gasteiger partial charge >= 0.3 is 0 Å². The number of benzene rings is 1. The second-order valence-electron chi connectivity index (χ2n) is 7.05. The van der Waals surface area contributed by atoms with Gasteiger partial charge in [0, 0.05) is 18.5 Å². The van der Waals surface area contributed by atoms with Crippen LogP contribution in [0.1, 0.15) is 35.3 Å². The molecule has 0 unspecified atom stereocenters. The van der Waals surface area contributed by atoms with Gasteiger partial charge in [-0.3, -0.25) is 9.48 Å². The fourth-order valence-corrected chi connectivity index (χ4v) is 3.12. The largest absolute Gasteiger partial charge is 0.379 e. The third-order valence-corrected chi connectivity index (χ3v) is 4.99. The van der Waals surface area contributed by atoms with Crippen molar-refractivity contribution in [2.45, 2.75) is 31.4 Å². The molecule has 0 aliphatic carbocycles. The first-order valence-corrected chi connectivity index (χ1v) is 8.98. The summed E-state index contributed by atoms with van der Waals surface area (Å²) in [6.07, 6.45) is -0.921. The van der Waals surface area contributed by atoms with Crippen LogP contribution in [0.25, 0.3) is 0 Å². The number of nitrogens with one attached hydrogen (secondary N) is 1. The van der Waals surface area contributed by atoms with Gasteiger partial charge in [-0.2, -0.15) is 10.4 Å². The van der Waals surface area contributed by atoms with Gasteiger partial charge in [0.25, 0.3) is 12.3 Å². The summed E-state index contributed by atoms with van der Waals surface area (Å²) >= 11 is 0. The van der Waals surface area contributed by atoms with Crippen LogP contribution in [-0.4, -0.2) is 40.4 Å². The van der Waals surface area contributed by atoms with E-state index in [9.17, 15) is 23.9 Å². The van der Waals surface area contributed by atoms with Crippen LogP contribution in [0.2, 0.25) is 0 Å². The molecule has 0 bridgehead atoms. The lowest BCUT2D eigenvalue weighted by Crippen LogP contribution is -2.30. The molecule has 1 fully saturated rings. The molecule has 0 spiro atoms. The number of nitrogens with two attached hydrogens (primary N) is 1. The zero-order valence-corrected chi connectivity index (χ0v) is 15.7. The number of anilines is 2. The van der Waals surface area contributed by atoms with Crippen molar-refractivity contribution in [2.24, 2.45) is 11.7 Å². The van der Waals surface area contributed by atoms with Crippen molar-refractivity contribution >= 4 is 17.4 Å². The molecule has 29 heavy (non-hydrogen) atoms. The maximum atomic E-state index is 13.0. The smallest absolute Gasteiger partial charge is 0.270 e. The number of ether oxygens (including phenoxy) is 1. The third kappa shape index (κ3) is 4.21. The number of alkyl halides is 2. The van der Waals surface area contributed by atoms with Crippen LogP contribution in [0.15, 0.2) is 30.5 Å². The van der Waals surface area contributed by atoms with Crippen molar-refractivity contribution in [3.05, 3.63) is 41.6 Å². The van der Waals surface area contributed by atoms with Crippen molar-refractivity contribution in [2.75, 3.05) is 18.5 Å². The molecule has 0 saturated carbocycles. The zero-order chi connectivity index (χ0) is 21.2. The monoisotopic (exact) mass is 405 g/mol. The highest BCUT2D eigenvalue weighted by Crippen LogP contribution is 2.31. The van der Waals surface area contributed by atoms with Crippen LogP contribution in [0.5, 0.6) is 0 Å². The maximum Gasteiger partial charge on any atom is 0.270 e. The summed E-state index contributed by atoms with van der Waals surface area (Å²) in [5.41, 5.74) is 3.81. The van der Waals surface area contributed by atoms with Crippen LogP contribution in [0.4, 0.5) is 20.3 Å². The molecule has 1 aliphatic rings. The molecule has 2 heterocycles. The fraction of sp³-hybridized carbons (Fsp3) is 0.421. The summed E-state index contributed by atoms with van der Waals surface area (Å²) in [5.74, 6) is -0.845. The van der Waals surface area contributed by atoms with Crippen LogP contribution < -0.4 is 11.1 Å². The predicted octanol–water partition coefficient (Wildman–Crippen LogP) is 2.30. The Morgan fingerprint density at radius 1 is 1.48 bits per heavy atom. The molecular formula is C19H21F2N5O3. The van der Waals surface area contributed by atoms with Crippen molar-refractivity contribution in [3.8, 4) is 6.07 Å². The van der Waals surface area contributed by atoms with E-state index in [1.165, 1.54) is 35.1 Å². The number of nitrogens with zero attached hydrogens (tertiary/aromatic N) is 3. The predicted molar refractivity (Wildman–Crippen MR) is 99.6 cm³/mol. The van der Waals surface area contributed by atoms with Crippen LogP contribution in [0.3, 0.4) is 0 Å². The maximum absolute atomic E-state index is 13.0. The van der Waals surface area contributed by atoms with Gasteiger partial charge in [-0.25, -0.2) is 8.78 Å². The third-order valence-electron chi connectivity index (χ3n) is 4.99. The summed E-state index contributed by atoms with van der Waals surface area (Å²) in [7, 11) is 0. The highest BCUT2D eigenvalue weighted by Gasteiger charge is 2.34. The summed E-state index contributed by atoms with van der Waals surface area (Å²) in [6, 6.07) is 7.55. The molecule has 1 aromatic heterocycles. The van der Waals surface area contributed by atoms with Crippen LogP contribution in [0, 0.1) is 17.2 Å². The number of hydrogen-bond acceptors (Lipinski definition) is 6. The average molecular weight is 405 g/mol. The molecule has 3 atom stereocenters. The van der Waals surface area contributed by atoms with Crippen LogP contribution >= 0.6 is 0 Å². The fourth-order valence-electron chi connectivity index (χ4n) is 3.12. The number of halogens is 2. The number of primary amides is 1. The molecule has 1 saturated heterocycles. The lowest BCUT2D eigenvalue weighted by Gasteiger charge is -2.26. The first kappa shape index (κ1) is 20.7. The second kappa shape index (κ2) is 8.14. The van der Waals surface area contributed by atoms with Gasteiger partial charge in [0.05, 0.1) is 24.6 Å². The number of nitriles is 1. The Morgan fingerprint density at radius 3 is 2.76 bits per heavy atom. The van der Waals surface area contributed by atoms with E-state index in [4.69, 9.17) is 10.5 Å². The normalized spacial score (nSPS) is 21.4. The number of carbonyl (C=O) groups is 1. The second-order valence-corrected chi connectivity index (χ2v) is 7.05. The lowest BCUT2D eigenvalue weighted by molar-refractivity contribution is -0.0883. The number of amides is 1. The van der Waals surface area contributed by atoms with E-state index in [1.807, 2.05) is 0 Å². The van der Waals surface area contributed by atoms with Crippen LogP contribution in [-0.2, 0) is 10.3 Å². The SMILES string of the molecule is C[C@@](O)(c1ccc(Nc2nn([C@H]3COCC[C@@H]3C#N)cc2C(N)=O)cc1)C(F)F. The Balaban J connectivity index is 1.86. The molecule has 3 rings (SSSR count). The molecular weight excluding hydrogens is 384 g/mol. The van der Waals surface area contributed by atoms with E-state index >= 15 is 0 Å². The van der Waals surface area contributed by atoms with Crippen molar-refractivity contribution < 1.29 is 23.4 Å². The van der Waals surface area contributed by atoms with E-state index in [1.54, 1.807) is 0 Å². The lowest BCUT2D eigenvalue weighted by atomic mass is 9.96. The van der Waals surface area contributed by atoms with Gasteiger partial charge < -0.3 is 20.9 Å². The molecule has 1 aromatic carbocycles. The molecule has 10 heteroatoms. The number of aliphatic hydroxyl groups is 1. The summed E-state index contributed by atoms with van der Waals surface area (Å²) < 4.78 is 32.8. The van der Waals surface area contributed by atoms with Crippen molar-refractivity contribution in [1.82, 2.24) is 9.78 Å². The Kier molecular flexibility index (Phi) is 5.81. The average Bonchev–Trinajstić information content (AvgIpc) is 3.12. The van der Waals surface area contributed by atoms with Gasteiger partial charge in [-0.05, 0) is 31.0 Å². The van der Waals surface area contributed by atoms with Crippen molar-refractivity contribution in [1.29, 1.82) is 5.26 Å². The standard InChI is InChI=1S/C19H21F2N5O3/c1-19(28,18(20)21)12-2-4-13(5-3-12)24-17-14(16(23)27)9-26(25-17)15-10-29-7-6-11(15)8-22/h2-5,9,11,15,18,28H,6-7,10H2,1H3,(H2,23,27)(H,24,25)/t11-,15+,19-/m1/s1. The Morgan fingerprint density at radius 2 is 2.17 bits per heavy atom. The number of aromatic nitrogens is 2. The summed E-state index contributed by atoms with van der Waals surface area (Å²) in [6.45, 7) is 1.80. The van der Waals surface area contributed by atoms with Gasteiger partial charge in [0.2, 0.25) is 0 Å². The topological polar surface area (TPSA) is 126 Å². The minimum Gasteiger partial charge on any atom is -0.379 e. The molecule has 1 amide bonds. The van der Waals surface area contributed by atoms with E-state index < -0.39 is 17.9 Å². The van der Waals surface area contributed by atoms with E-state index in [2.05, 4.69) is 16.5 Å². The van der Waals surface area contributed by atoms with E-state index in [-0.39, 0.29) is 35.5 Å². The Bertz CT molecular complexity index is 921. The molecule has 8 nitrogen and oxygen atoms in total. The minimum atomic E-state index is -2.94. The molecule has 0 radical (unpaired) electrons. The minimum absolute atomic E-state index is 0.0509.